The zero-order valence-corrected chi connectivity index (χ0v) is 14.3. The van der Waals surface area contributed by atoms with Gasteiger partial charge in [0.25, 0.3) is 5.91 Å². The Morgan fingerprint density at radius 3 is 2.36 bits per heavy atom. The third kappa shape index (κ3) is 4.42. The molecule has 0 radical (unpaired) electrons. The number of carbonyl (C=O) groups is 1. The van der Waals surface area contributed by atoms with Crippen molar-refractivity contribution in [2.75, 3.05) is 11.6 Å². The summed E-state index contributed by atoms with van der Waals surface area (Å²) in [4.78, 5) is 12.3. The fourth-order valence-electron chi connectivity index (χ4n) is 2.29. The first kappa shape index (κ1) is 16.7. The van der Waals surface area contributed by atoms with Crippen LogP contribution in [-0.4, -0.2) is 16.4 Å². The largest absolute Gasteiger partial charge is 0.322 e. The molecule has 0 aliphatic carbocycles. The van der Waals surface area contributed by atoms with Gasteiger partial charge in [-0.1, -0.05) is 28.8 Å². The van der Waals surface area contributed by atoms with Crippen LogP contribution in [0.25, 0.3) is 0 Å². The molecule has 2 aromatic carbocycles. The Morgan fingerprint density at radius 2 is 1.77 bits per heavy atom. The van der Waals surface area contributed by atoms with Gasteiger partial charge in [0.05, 0.1) is 0 Å². The van der Waals surface area contributed by atoms with Crippen LogP contribution in [-0.2, 0) is 16.6 Å². The van der Waals surface area contributed by atoms with Gasteiger partial charge in [-0.25, -0.2) is 0 Å². The number of anilines is 1. The highest BCUT2D eigenvalue weighted by Gasteiger charge is 2.09. The molecule has 1 atom stereocenters. The van der Waals surface area contributed by atoms with Crippen LogP contribution in [0.1, 0.15) is 27.0 Å². The van der Waals surface area contributed by atoms with Gasteiger partial charge in [-0.15, -0.1) is 0 Å². The lowest BCUT2D eigenvalue weighted by atomic mass is 10.1. The van der Waals surface area contributed by atoms with Crippen LogP contribution >= 0.6 is 11.6 Å². The van der Waals surface area contributed by atoms with E-state index in [1.54, 1.807) is 24.5 Å². The third-order valence-electron chi connectivity index (χ3n) is 3.15. The Labute approximate surface area is 138 Å². The lowest BCUT2D eigenvalue weighted by molar-refractivity contribution is 0.102. The van der Waals surface area contributed by atoms with Crippen LogP contribution in [0.2, 0.25) is 5.02 Å². The van der Waals surface area contributed by atoms with Crippen LogP contribution in [0.5, 0.6) is 0 Å². The first-order valence-corrected chi connectivity index (χ1v) is 8.94. The summed E-state index contributed by atoms with van der Waals surface area (Å²) in [5, 5.41) is 3.41. The van der Waals surface area contributed by atoms with Gasteiger partial charge < -0.3 is 5.32 Å². The first-order chi connectivity index (χ1) is 10.3. The predicted octanol–water partition coefficient (Wildman–Crippen LogP) is 4.09. The number of hydrogen-bond acceptors (Lipinski definition) is 2. The number of amides is 1. The van der Waals surface area contributed by atoms with Crippen LogP contribution in [0.3, 0.4) is 0 Å². The smallest absolute Gasteiger partial charge is 0.255 e. The zero-order chi connectivity index (χ0) is 16.3. The quantitative estimate of drug-likeness (QED) is 0.914. The maximum Gasteiger partial charge on any atom is 0.255 e. The van der Waals surface area contributed by atoms with Crippen molar-refractivity contribution in [3.8, 4) is 0 Å². The van der Waals surface area contributed by atoms with Gasteiger partial charge in [0, 0.05) is 39.1 Å². The van der Waals surface area contributed by atoms with Crippen LogP contribution < -0.4 is 5.32 Å². The normalized spacial score (nSPS) is 12.0. The molecule has 116 valence electrons. The van der Waals surface area contributed by atoms with Crippen molar-refractivity contribution in [2.24, 2.45) is 0 Å². The molecular weight excluding hydrogens is 318 g/mol. The minimum absolute atomic E-state index is 0.169. The highest BCUT2D eigenvalue weighted by molar-refractivity contribution is 7.83. The van der Waals surface area contributed by atoms with Crippen LogP contribution in [0, 0.1) is 13.8 Å². The number of hydrogen-bond donors (Lipinski definition) is 1. The number of carbonyl (C=O) groups excluding carboxylic acids is 1. The van der Waals surface area contributed by atoms with Gasteiger partial charge in [0.1, 0.15) is 0 Å². The van der Waals surface area contributed by atoms with Gasteiger partial charge in [-0.2, -0.15) is 0 Å². The van der Waals surface area contributed by atoms with Crippen molar-refractivity contribution in [2.45, 2.75) is 19.6 Å². The molecule has 0 heterocycles. The summed E-state index contributed by atoms with van der Waals surface area (Å²) in [6.45, 7) is 3.92. The lowest BCUT2D eigenvalue weighted by Crippen LogP contribution is -2.12. The number of halogens is 1. The van der Waals surface area contributed by atoms with Crippen molar-refractivity contribution in [3.63, 3.8) is 0 Å². The van der Waals surface area contributed by atoms with Crippen molar-refractivity contribution in [1.29, 1.82) is 0 Å². The summed E-state index contributed by atoms with van der Waals surface area (Å²) in [6.07, 6.45) is 1.62. The average molecular weight is 336 g/mol. The van der Waals surface area contributed by atoms with E-state index in [1.807, 2.05) is 32.0 Å². The molecule has 0 unspecified atom stereocenters. The Kier molecular flexibility index (Phi) is 5.37. The molecular formula is C17H18ClNO2S. The van der Waals surface area contributed by atoms with Crippen LogP contribution in [0.4, 0.5) is 5.69 Å². The molecule has 0 bridgehead atoms. The molecule has 0 spiro atoms. The number of nitrogens with one attached hydrogen (secondary N) is 1. The van der Waals surface area contributed by atoms with E-state index in [1.165, 1.54) is 0 Å². The van der Waals surface area contributed by atoms with Gasteiger partial charge in [-0.05, 0) is 49.7 Å². The molecule has 2 rings (SSSR count). The summed E-state index contributed by atoms with van der Waals surface area (Å²) in [6, 6.07) is 10.9. The monoisotopic (exact) mass is 335 g/mol. The minimum Gasteiger partial charge on any atom is -0.322 e. The fraction of sp³-hybridized carbons (Fsp3) is 0.235. The van der Waals surface area contributed by atoms with E-state index in [-0.39, 0.29) is 5.91 Å². The highest BCUT2D eigenvalue weighted by atomic mass is 35.5. The fourth-order valence-corrected chi connectivity index (χ4v) is 3.23. The molecule has 0 aliphatic rings. The molecule has 5 heteroatoms. The summed E-state index contributed by atoms with van der Waals surface area (Å²) in [5.41, 5.74) is 4.12. The summed E-state index contributed by atoms with van der Waals surface area (Å²) < 4.78 is 11.4. The highest BCUT2D eigenvalue weighted by Crippen LogP contribution is 2.22. The van der Waals surface area contributed by atoms with E-state index in [0.717, 1.165) is 16.7 Å². The number of rotatable bonds is 4. The van der Waals surface area contributed by atoms with E-state index in [0.29, 0.717) is 22.0 Å². The molecule has 0 aliphatic heterocycles. The van der Waals surface area contributed by atoms with Gasteiger partial charge in [-0.3, -0.25) is 9.00 Å². The van der Waals surface area contributed by atoms with E-state index < -0.39 is 10.8 Å². The predicted molar refractivity (Wildman–Crippen MR) is 93.1 cm³/mol. The molecule has 1 N–H and O–H groups in total. The van der Waals surface area contributed by atoms with Crippen molar-refractivity contribution in [1.82, 2.24) is 0 Å². The molecule has 0 aromatic heterocycles. The number of aryl methyl sites for hydroxylation is 2. The Hall–Kier alpha value is -1.65. The van der Waals surface area contributed by atoms with Gasteiger partial charge in [0.2, 0.25) is 0 Å². The molecule has 3 nitrogen and oxygen atoms in total. The maximum atomic E-state index is 12.3. The number of benzene rings is 2. The topological polar surface area (TPSA) is 46.2 Å². The van der Waals surface area contributed by atoms with Crippen LogP contribution in [0.15, 0.2) is 36.4 Å². The summed E-state index contributed by atoms with van der Waals surface area (Å²) >= 11 is 6.09. The maximum absolute atomic E-state index is 12.3. The second-order valence-corrected chi connectivity index (χ2v) is 7.20. The first-order valence-electron chi connectivity index (χ1n) is 6.83. The second-order valence-electron chi connectivity index (χ2n) is 5.35. The van der Waals surface area contributed by atoms with Crippen molar-refractivity contribution < 1.29 is 9.00 Å². The van der Waals surface area contributed by atoms with E-state index in [4.69, 9.17) is 11.6 Å². The second kappa shape index (κ2) is 7.07. The average Bonchev–Trinajstić information content (AvgIpc) is 2.41. The van der Waals surface area contributed by atoms with Gasteiger partial charge in [0.15, 0.2) is 0 Å². The molecule has 0 saturated heterocycles. The summed E-state index contributed by atoms with van der Waals surface area (Å²) in [5.74, 6) is 0.198. The van der Waals surface area contributed by atoms with Crippen molar-refractivity contribution >= 4 is 34.0 Å². The Morgan fingerprint density at radius 1 is 1.14 bits per heavy atom. The molecule has 0 fully saturated rings. The standard InChI is InChI=1S/C17H18ClNO2S/c1-11-6-12(2)8-13(7-11)17(20)19-15-4-5-16(18)14(9-15)10-22(3)21/h4-9H,10H2,1-3H3,(H,19,20)/t22-/m1/s1. The molecule has 2 aromatic rings. The van der Waals surface area contributed by atoms with Gasteiger partial charge >= 0.3 is 0 Å². The third-order valence-corrected chi connectivity index (χ3v) is 4.23. The minimum atomic E-state index is -0.987. The summed E-state index contributed by atoms with van der Waals surface area (Å²) in [7, 11) is -0.987. The van der Waals surface area contributed by atoms with E-state index >= 15 is 0 Å². The molecule has 1 amide bonds. The van der Waals surface area contributed by atoms with Crippen molar-refractivity contribution in [3.05, 3.63) is 63.7 Å². The van der Waals surface area contributed by atoms with E-state index in [2.05, 4.69) is 5.32 Å². The van der Waals surface area contributed by atoms with E-state index in [9.17, 15) is 9.00 Å². The molecule has 0 saturated carbocycles. The Bertz CT molecular complexity index is 723. The SMILES string of the molecule is Cc1cc(C)cc(C(=O)Nc2ccc(Cl)c(C[S@@](C)=O)c2)c1. The lowest BCUT2D eigenvalue weighted by Gasteiger charge is -2.10. The Balaban J connectivity index is 2.22. The molecule has 22 heavy (non-hydrogen) atoms. The zero-order valence-electron chi connectivity index (χ0n) is 12.8.